The van der Waals surface area contributed by atoms with Crippen LogP contribution in [0, 0.1) is 0 Å². The molecule has 0 atom stereocenters. The summed E-state index contributed by atoms with van der Waals surface area (Å²) in [7, 11) is 0. The third-order valence-electron chi connectivity index (χ3n) is 4.58. The van der Waals surface area contributed by atoms with Crippen LogP contribution in [-0.4, -0.2) is 12.1 Å². The third-order valence-corrected chi connectivity index (χ3v) is 4.58. The first-order valence-electron chi connectivity index (χ1n) is 8.36. The summed E-state index contributed by atoms with van der Waals surface area (Å²) < 4.78 is 0. The lowest BCUT2D eigenvalue weighted by Gasteiger charge is -2.23. The van der Waals surface area contributed by atoms with Crippen molar-refractivity contribution in [1.82, 2.24) is 5.32 Å². The van der Waals surface area contributed by atoms with E-state index in [0.29, 0.717) is 0 Å². The Kier molecular flexibility index (Phi) is 6.86. The van der Waals surface area contributed by atoms with Gasteiger partial charge in [-0.05, 0) is 25.7 Å². The van der Waals surface area contributed by atoms with Crippen LogP contribution >= 0.6 is 0 Å². The summed E-state index contributed by atoms with van der Waals surface area (Å²) >= 11 is 0. The average Bonchev–Trinajstić information content (AvgIpc) is 2.85. The van der Waals surface area contributed by atoms with Crippen molar-refractivity contribution in [1.29, 1.82) is 0 Å². The number of hydrogen-bond donors (Lipinski definition) is 1. The minimum Gasteiger partial charge on any atom is -0.311 e. The molecule has 104 valence electrons. The fourth-order valence-corrected chi connectivity index (χ4v) is 3.42. The van der Waals surface area contributed by atoms with E-state index < -0.39 is 0 Å². The number of nitrogens with one attached hydrogen (secondary N) is 1. The Hall–Kier alpha value is -0.300. The van der Waals surface area contributed by atoms with Crippen molar-refractivity contribution in [3.8, 4) is 0 Å². The van der Waals surface area contributed by atoms with Gasteiger partial charge in [-0.3, -0.25) is 0 Å². The van der Waals surface area contributed by atoms with Gasteiger partial charge in [0.25, 0.3) is 0 Å². The quantitative estimate of drug-likeness (QED) is 0.681. The van der Waals surface area contributed by atoms with Crippen LogP contribution in [0.5, 0.6) is 0 Å². The van der Waals surface area contributed by atoms with Gasteiger partial charge in [0.05, 0.1) is 0 Å². The van der Waals surface area contributed by atoms with Crippen molar-refractivity contribution < 1.29 is 0 Å². The van der Waals surface area contributed by atoms with Crippen LogP contribution in [0.1, 0.15) is 83.5 Å². The van der Waals surface area contributed by atoms with Crippen LogP contribution < -0.4 is 5.32 Å². The highest BCUT2D eigenvalue weighted by molar-refractivity contribution is 4.98. The predicted octanol–water partition coefficient (Wildman–Crippen LogP) is 4.97. The third kappa shape index (κ3) is 5.56. The molecule has 1 N–H and O–H groups in total. The molecule has 2 aliphatic carbocycles. The first-order valence-corrected chi connectivity index (χ1v) is 8.36. The van der Waals surface area contributed by atoms with Crippen LogP contribution in [0.3, 0.4) is 0 Å². The molecule has 1 heteroatoms. The average molecular weight is 249 g/mol. The van der Waals surface area contributed by atoms with Gasteiger partial charge in [0.2, 0.25) is 0 Å². The molecule has 0 heterocycles. The molecular formula is C17H31N. The lowest BCUT2D eigenvalue weighted by atomic mass is 9.97. The largest absolute Gasteiger partial charge is 0.311 e. The maximum Gasteiger partial charge on any atom is 0.0139 e. The first kappa shape index (κ1) is 14.1. The Labute approximate surface area is 113 Å². The maximum absolute atomic E-state index is 3.91. The molecule has 0 radical (unpaired) electrons. The Morgan fingerprint density at radius 3 is 1.50 bits per heavy atom. The van der Waals surface area contributed by atoms with Crippen molar-refractivity contribution in [3.63, 3.8) is 0 Å². The summed E-state index contributed by atoms with van der Waals surface area (Å²) in [5.41, 5.74) is 0. The van der Waals surface area contributed by atoms with E-state index in [4.69, 9.17) is 0 Å². The maximum atomic E-state index is 3.91. The molecule has 0 aromatic carbocycles. The highest BCUT2D eigenvalue weighted by Gasteiger charge is 2.15. The molecule has 18 heavy (non-hydrogen) atoms. The van der Waals surface area contributed by atoms with Gasteiger partial charge < -0.3 is 5.32 Å². The second kappa shape index (κ2) is 8.74. The zero-order chi connectivity index (χ0) is 12.5. The summed E-state index contributed by atoms with van der Waals surface area (Å²) in [6, 6.07) is 1.55. The van der Waals surface area contributed by atoms with E-state index in [0.717, 1.165) is 12.1 Å². The molecule has 0 aromatic heterocycles. The van der Waals surface area contributed by atoms with Gasteiger partial charge in [0.15, 0.2) is 0 Å². The number of hydrogen-bond acceptors (Lipinski definition) is 1. The van der Waals surface area contributed by atoms with Crippen LogP contribution in [0.25, 0.3) is 0 Å². The van der Waals surface area contributed by atoms with Crippen LogP contribution in [0.4, 0.5) is 0 Å². The van der Waals surface area contributed by atoms with Crippen molar-refractivity contribution in [2.45, 2.75) is 95.6 Å². The van der Waals surface area contributed by atoms with Crippen molar-refractivity contribution >= 4 is 0 Å². The monoisotopic (exact) mass is 249 g/mol. The Bertz CT molecular complexity index is 214. The van der Waals surface area contributed by atoms with E-state index in [2.05, 4.69) is 17.5 Å². The van der Waals surface area contributed by atoms with Crippen LogP contribution in [0.15, 0.2) is 12.2 Å². The molecule has 0 spiro atoms. The van der Waals surface area contributed by atoms with E-state index in [1.54, 1.807) is 0 Å². The van der Waals surface area contributed by atoms with Crippen molar-refractivity contribution in [2.75, 3.05) is 0 Å². The topological polar surface area (TPSA) is 12.0 Å². The van der Waals surface area contributed by atoms with E-state index in [1.807, 2.05) is 0 Å². The van der Waals surface area contributed by atoms with E-state index in [1.165, 1.54) is 83.5 Å². The molecule has 1 nitrogen and oxygen atoms in total. The first-order chi connectivity index (χ1) is 8.95. The van der Waals surface area contributed by atoms with Gasteiger partial charge in [0, 0.05) is 12.1 Å². The van der Waals surface area contributed by atoms with Gasteiger partial charge in [-0.2, -0.15) is 0 Å². The minimum atomic E-state index is 0.753. The molecule has 1 saturated carbocycles. The lowest BCUT2D eigenvalue weighted by Crippen LogP contribution is -2.36. The minimum absolute atomic E-state index is 0.753. The van der Waals surface area contributed by atoms with Gasteiger partial charge in [-0.1, -0.05) is 69.9 Å². The smallest absolute Gasteiger partial charge is 0.0139 e. The molecule has 2 aliphatic rings. The summed E-state index contributed by atoms with van der Waals surface area (Å²) in [5.74, 6) is 0. The van der Waals surface area contributed by atoms with Gasteiger partial charge in [0.1, 0.15) is 0 Å². The number of rotatable bonds is 2. The Balaban J connectivity index is 1.70. The summed E-state index contributed by atoms with van der Waals surface area (Å²) in [6.45, 7) is 0. The highest BCUT2D eigenvalue weighted by Crippen LogP contribution is 2.19. The molecule has 0 aliphatic heterocycles. The second-order valence-electron chi connectivity index (χ2n) is 6.26. The molecular weight excluding hydrogens is 218 g/mol. The molecule has 0 saturated heterocycles. The summed E-state index contributed by atoms with van der Waals surface area (Å²) in [4.78, 5) is 0. The Morgan fingerprint density at radius 2 is 1.00 bits per heavy atom. The van der Waals surface area contributed by atoms with E-state index >= 15 is 0 Å². The van der Waals surface area contributed by atoms with Gasteiger partial charge in [-0.25, -0.2) is 0 Å². The highest BCUT2D eigenvalue weighted by atomic mass is 14.9. The Morgan fingerprint density at radius 1 is 0.556 bits per heavy atom. The normalized spacial score (nSPS) is 25.8. The molecule has 0 bridgehead atoms. The van der Waals surface area contributed by atoms with Gasteiger partial charge in [-0.15, -0.1) is 0 Å². The van der Waals surface area contributed by atoms with Crippen molar-refractivity contribution in [2.24, 2.45) is 0 Å². The molecule has 0 amide bonds. The molecule has 0 unspecified atom stereocenters. The molecule has 2 rings (SSSR count). The molecule has 1 fully saturated rings. The van der Waals surface area contributed by atoms with Crippen LogP contribution in [0.2, 0.25) is 0 Å². The zero-order valence-electron chi connectivity index (χ0n) is 12.0. The summed E-state index contributed by atoms with van der Waals surface area (Å²) in [6.07, 6.45) is 23.2. The van der Waals surface area contributed by atoms with Crippen LogP contribution in [-0.2, 0) is 0 Å². The fraction of sp³-hybridized carbons (Fsp3) is 0.882. The second-order valence-corrected chi connectivity index (χ2v) is 6.26. The van der Waals surface area contributed by atoms with Crippen molar-refractivity contribution in [3.05, 3.63) is 12.2 Å². The molecule has 0 aromatic rings. The SMILES string of the molecule is C1=CCC(NC2CCCCCCCCCCC2)C1. The summed E-state index contributed by atoms with van der Waals surface area (Å²) in [5, 5.41) is 3.91. The predicted molar refractivity (Wildman–Crippen MR) is 79.9 cm³/mol. The fourth-order valence-electron chi connectivity index (χ4n) is 3.42. The van der Waals surface area contributed by atoms with E-state index in [-0.39, 0.29) is 0 Å². The van der Waals surface area contributed by atoms with E-state index in [9.17, 15) is 0 Å². The van der Waals surface area contributed by atoms with Gasteiger partial charge >= 0.3 is 0 Å². The standard InChI is InChI=1S/C17H31N/c1-2-4-6-8-12-16(13-9-7-5-3-1)18-17-14-10-11-15-17/h10-11,16-18H,1-9,12-15H2. The lowest BCUT2D eigenvalue weighted by molar-refractivity contribution is 0.367. The zero-order valence-corrected chi connectivity index (χ0v) is 12.0.